The lowest BCUT2D eigenvalue weighted by Gasteiger charge is -2.15. The number of aromatic nitrogens is 5. The molecule has 24 heavy (non-hydrogen) atoms. The number of aliphatic hydroxyl groups excluding tert-OH is 1. The van der Waals surface area contributed by atoms with Crippen LogP contribution in [0.5, 0.6) is 0 Å². The van der Waals surface area contributed by atoms with Crippen LogP contribution in [0.2, 0.25) is 0 Å². The van der Waals surface area contributed by atoms with E-state index in [-0.39, 0.29) is 12.6 Å². The molecule has 0 saturated carbocycles. The van der Waals surface area contributed by atoms with Gasteiger partial charge >= 0.3 is 0 Å². The molecule has 132 valence electrons. The second-order valence-corrected chi connectivity index (χ2v) is 6.64. The number of hydrogen-bond donors (Lipinski definition) is 2. The van der Waals surface area contributed by atoms with Gasteiger partial charge in [0.05, 0.1) is 24.9 Å². The van der Waals surface area contributed by atoms with E-state index in [1.165, 1.54) is 24.8 Å². The van der Waals surface area contributed by atoms with Crippen LogP contribution in [0.4, 0.5) is 0 Å². The number of fused-ring (bicyclic) bond motifs is 1. The van der Waals surface area contributed by atoms with E-state index in [2.05, 4.69) is 39.0 Å². The molecule has 1 aliphatic heterocycles. The largest absolute Gasteiger partial charge is 0.394 e. The summed E-state index contributed by atoms with van der Waals surface area (Å²) in [6, 6.07) is 0.143. The molecule has 3 heterocycles. The Kier molecular flexibility index (Phi) is 5.30. The minimum absolute atomic E-state index is 0.108. The average molecular weight is 332 g/mol. The minimum Gasteiger partial charge on any atom is -0.394 e. The summed E-state index contributed by atoms with van der Waals surface area (Å²) in [5.74, 6) is 2.16. The smallest absolute Gasteiger partial charge is 0.149 e. The summed E-state index contributed by atoms with van der Waals surface area (Å²) in [7, 11) is 0. The SMILES string of the molecule is Cc1nn(CCO)c(C)c1CN[C@@H](C)c1nnc2n1CCCCC2. The zero-order valence-electron chi connectivity index (χ0n) is 14.9. The topological polar surface area (TPSA) is 80.8 Å². The lowest BCUT2D eigenvalue weighted by molar-refractivity contribution is 0.267. The van der Waals surface area contributed by atoms with Gasteiger partial charge in [-0.1, -0.05) is 6.42 Å². The molecule has 0 saturated heterocycles. The number of aliphatic hydroxyl groups is 1. The summed E-state index contributed by atoms with van der Waals surface area (Å²) in [5.41, 5.74) is 3.33. The highest BCUT2D eigenvalue weighted by Crippen LogP contribution is 2.20. The van der Waals surface area contributed by atoms with Crippen molar-refractivity contribution in [3.05, 3.63) is 28.6 Å². The summed E-state index contributed by atoms with van der Waals surface area (Å²) in [6.07, 6.45) is 4.72. The molecule has 0 radical (unpaired) electrons. The van der Waals surface area contributed by atoms with Gasteiger partial charge in [-0.15, -0.1) is 10.2 Å². The van der Waals surface area contributed by atoms with Crippen LogP contribution in [-0.4, -0.2) is 36.3 Å². The summed E-state index contributed by atoms with van der Waals surface area (Å²) in [4.78, 5) is 0. The van der Waals surface area contributed by atoms with Gasteiger partial charge in [0.2, 0.25) is 0 Å². The molecule has 3 rings (SSSR count). The second-order valence-electron chi connectivity index (χ2n) is 6.64. The lowest BCUT2D eigenvalue weighted by Crippen LogP contribution is -2.23. The molecule has 0 aliphatic carbocycles. The van der Waals surface area contributed by atoms with Crippen molar-refractivity contribution in [2.75, 3.05) is 6.61 Å². The molecule has 0 aromatic carbocycles. The number of aryl methyl sites for hydroxylation is 2. The molecule has 0 spiro atoms. The molecule has 7 heteroatoms. The highest BCUT2D eigenvalue weighted by Gasteiger charge is 2.20. The zero-order chi connectivity index (χ0) is 17.1. The predicted molar refractivity (Wildman–Crippen MR) is 91.6 cm³/mol. The van der Waals surface area contributed by atoms with Crippen molar-refractivity contribution < 1.29 is 5.11 Å². The summed E-state index contributed by atoms with van der Waals surface area (Å²) in [5, 5.41) is 26.0. The van der Waals surface area contributed by atoms with Crippen LogP contribution >= 0.6 is 0 Å². The molecule has 2 N–H and O–H groups in total. The molecule has 7 nitrogen and oxygen atoms in total. The van der Waals surface area contributed by atoms with Crippen LogP contribution in [0.1, 0.15) is 60.8 Å². The molecule has 2 aromatic rings. The Balaban J connectivity index is 1.70. The first-order valence-electron chi connectivity index (χ1n) is 8.91. The molecule has 1 atom stereocenters. The normalized spacial score (nSPS) is 16.0. The third-order valence-electron chi connectivity index (χ3n) is 4.95. The van der Waals surface area contributed by atoms with E-state index in [1.807, 2.05) is 11.6 Å². The summed E-state index contributed by atoms with van der Waals surface area (Å²) < 4.78 is 4.17. The maximum atomic E-state index is 9.13. The Hall–Kier alpha value is -1.73. The van der Waals surface area contributed by atoms with Crippen molar-refractivity contribution >= 4 is 0 Å². The molecule has 0 bridgehead atoms. The Morgan fingerprint density at radius 3 is 2.83 bits per heavy atom. The average Bonchev–Trinajstić information content (AvgIpc) is 2.98. The summed E-state index contributed by atoms with van der Waals surface area (Å²) >= 11 is 0. The Morgan fingerprint density at radius 2 is 2.04 bits per heavy atom. The number of nitrogens with one attached hydrogen (secondary N) is 1. The van der Waals surface area contributed by atoms with Crippen molar-refractivity contribution in [3.63, 3.8) is 0 Å². The standard InChI is InChI=1S/C17H28N6O/c1-12-15(14(3)23(21-12)9-10-24)11-18-13(2)17-20-19-16-7-5-4-6-8-22(16)17/h13,18,24H,4-11H2,1-3H3/t13-/m0/s1. The fraction of sp³-hybridized carbons (Fsp3) is 0.706. The third kappa shape index (κ3) is 3.37. The fourth-order valence-electron chi connectivity index (χ4n) is 3.48. The fourth-order valence-corrected chi connectivity index (χ4v) is 3.48. The second kappa shape index (κ2) is 7.44. The predicted octanol–water partition coefficient (Wildman–Crippen LogP) is 1.66. The maximum Gasteiger partial charge on any atom is 0.149 e. The molecule has 0 fully saturated rings. The van der Waals surface area contributed by atoms with Gasteiger partial charge in [0.25, 0.3) is 0 Å². The third-order valence-corrected chi connectivity index (χ3v) is 4.95. The molecular weight excluding hydrogens is 304 g/mol. The Morgan fingerprint density at radius 1 is 1.21 bits per heavy atom. The highest BCUT2D eigenvalue weighted by atomic mass is 16.3. The van der Waals surface area contributed by atoms with Crippen LogP contribution in [-0.2, 0) is 26.1 Å². The van der Waals surface area contributed by atoms with Gasteiger partial charge in [-0.3, -0.25) is 4.68 Å². The van der Waals surface area contributed by atoms with Gasteiger partial charge in [-0.25, -0.2) is 0 Å². The number of nitrogens with zero attached hydrogens (tertiary/aromatic N) is 5. The van der Waals surface area contributed by atoms with E-state index >= 15 is 0 Å². The van der Waals surface area contributed by atoms with Gasteiger partial charge < -0.3 is 15.0 Å². The Labute approximate surface area is 143 Å². The van der Waals surface area contributed by atoms with Crippen molar-refractivity contribution in [1.82, 2.24) is 29.9 Å². The van der Waals surface area contributed by atoms with E-state index in [0.29, 0.717) is 6.54 Å². The van der Waals surface area contributed by atoms with Crippen LogP contribution < -0.4 is 5.32 Å². The first kappa shape index (κ1) is 17.1. The first-order chi connectivity index (χ1) is 11.6. The molecular formula is C17H28N6O. The van der Waals surface area contributed by atoms with Crippen molar-refractivity contribution in [3.8, 4) is 0 Å². The quantitative estimate of drug-likeness (QED) is 0.841. The molecule has 0 unspecified atom stereocenters. The van der Waals surface area contributed by atoms with E-state index in [9.17, 15) is 0 Å². The van der Waals surface area contributed by atoms with Crippen molar-refractivity contribution in [1.29, 1.82) is 0 Å². The Bertz CT molecular complexity index is 690. The van der Waals surface area contributed by atoms with E-state index < -0.39 is 0 Å². The van der Waals surface area contributed by atoms with Gasteiger partial charge in [-0.2, -0.15) is 5.10 Å². The minimum atomic E-state index is 0.108. The zero-order valence-corrected chi connectivity index (χ0v) is 14.9. The van der Waals surface area contributed by atoms with E-state index in [0.717, 1.165) is 42.5 Å². The van der Waals surface area contributed by atoms with Gasteiger partial charge in [0.1, 0.15) is 11.6 Å². The first-order valence-corrected chi connectivity index (χ1v) is 8.91. The lowest BCUT2D eigenvalue weighted by atomic mass is 10.2. The van der Waals surface area contributed by atoms with Crippen molar-refractivity contribution in [2.24, 2.45) is 0 Å². The summed E-state index contributed by atoms with van der Waals surface area (Å²) in [6.45, 7) is 8.64. The van der Waals surface area contributed by atoms with E-state index in [1.54, 1.807) is 0 Å². The van der Waals surface area contributed by atoms with Gasteiger partial charge in [-0.05, 0) is 33.6 Å². The molecule has 0 amide bonds. The molecule has 1 aliphatic rings. The van der Waals surface area contributed by atoms with Gasteiger partial charge in [0.15, 0.2) is 0 Å². The van der Waals surface area contributed by atoms with E-state index in [4.69, 9.17) is 5.11 Å². The maximum absolute atomic E-state index is 9.13. The van der Waals surface area contributed by atoms with Crippen LogP contribution in [0.15, 0.2) is 0 Å². The number of hydrogen-bond acceptors (Lipinski definition) is 5. The van der Waals surface area contributed by atoms with Crippen LogP contribution in [0.25, 0.3) is 0 Å². The van der Waals surface area contributed by atoms with Gasteiger partial charge in [0, 0.05) is 30.8 Å². The number of rotatable bonds is 6. The monoisotopic (exact) mass is 332 g/mol. The van der Waals surface area contributed by atoms with Crippen molar-refractivity contribution in [2.45, 2.75) is 72.1 Å². The van der Waals surface area contributed by atoms with Crippen LogP contribution in [0.3, 0.4) is 0 Å². The molecule has 2 aromatic heterocycles. The highest BCUT2D eigenvalue weighted by molar-refractivity contribution is 5.24. The van der Waals surface area contributed by atoms with Crippen LogP contribution in [0, 0.1) is 13.8 Å².